The lowest BCUT2D eigenvalue weighted by molar-refractivity contribution is 0.301. The van der Waals surface area contributed by atoms with Crippen molar-refractivity contribution in [2.75, 3.05) is 0 Å². The van der Waals surface area contributed by atoms with Crippen LogP contribution >= 0.6 is 11.3 Å². The highest BCUT2D eigenvalue weighted by Gasteiger charge is 2.13. The number of rotatable bonds is 5. The summed E-state index contributed by atoms with van der Waals surface area (Å²) in [5.41, 5.74) is 1.83. The van der Waals surface area contributed by atoms with Crippen molar-refractivity contribution in [3.8, 4) is 5.75 Å². The van der Waals surface area contributed by atoms with E-state index < -0.39 is 0 Å². The van der Waals surface area contributed by atoms with Crippen LogP contribution in [-0.4, -0.2) is 14.6 Å². The average Bonchev–Trinajstić information content (AvgIpc) is 2.96. The summed E-state index contributed by atoms with van der Waals surface area (Å²) >= 11 is 1.46. The number of nitrogens with zero attached hydrogens (tertiary/aromatic N) is 3. The van der Waals surface area contributed by atoms with Gasteiger partial charge in [0, 0.05) is 12.5 Å². The molecule has 0 aliphatic rings. The summed E-state index contributed by atoms with van der Waals surface area (Å²) in [6.45, 7) is 8.89. The molecule has 0 radical (unpaired) electrons. The van der Waals surface area contributed by atoms with Gasteiger partial charge in [-0.05, 0) is 29.5 Å². The summed E-state index contributed by atoms with van der Waals surface area (Å²) in [6.07, 6.45) is 1.86. The summed E-state index contributed by atoms with van der Waals surface area (Å²) in [5.74, 6) is 0.769. The van der Waals surface area contributed by atoms with E-state index in [1.807, 2.05) is 12.1 Å². The van der Waals surface area contributed by atoms with Crippen molar-refractivity contribution in [1.29, 1.82) is 0 Å². The van der Waals surface area contributed by atoms with Crippen LogP contribution in [0.1, 0.15) is 50.4 Å². The molecule has 5 nitrogen and oxygen atoms in total. The molecule has 2 aromatic heterocycles. The normalized spacial score (nSPS) is 11.8. The molecule has 0 N–H and O–H groups in total. The molecule has 3 aromatic rings. The van der Waals surface area contributed by atoms with E-state index >= 15 is 0 Å². The fourth-order valence-corrected chi connectivity index (χ4v) is 3.51. The number of benzene rings is 1. The van der Waals surface area contributed by atoms with Gasteiger partial charge in [-0.3, -0.25) is 4.79 Å². The highest BCUT2D eigenvalue weighted by atomic mass is 32.1. The van der Waals surface area contributed by atoms with Crippen LogP contribution in [-0.2, 0) is 18.4 Å². The zero-order valence-electron chi connectivity index (χ0n) is 15.1. The number of ether oxygens (including phenoxy) is 1. The lowest BCUT2D eigenvalue weighted by atomic mass is 9.87. The van der Waals surface area contributed by atoms with Gasteiger partial charge in [0.05, 0.1) is 5.69 Å². The molecule has 0 aliphatic carbocycles. The molecule has 0 aliphatic heterocycles. The minimum Gasteiger partial charge on any atom is -0.487 e. The van der Waals surface area contributed by atoms with Crippen molar-refractivity contribution in [3.05, 3.63) is 57.0 Å². The molecule has 0 fully saturated rings. The standard InChI is InChI=1S/C19H23N3O2S/c1-5-6-16-21-22-17(23)11-14(20-18(22)25-16)12-24-15-9-7-13(8-10-15)19(2,3)4/h7-11H,5-6,12H2,1-4H3. The Kier molecular flexibility index (Phi) is 4.90. The second kappa shape index (κ2) is 6.96. The van der Waals surface area contributed by atoms with Crippen LogP contribution in [0.15, 0.2) is 35.1 Å². The minimum atomic E-state index is -0.162. The lowest BCUT2D eigenvalue weighted by Crippen LogP contribution is -2.16. The van der Waals surface area contributed by atoms with Gasteiger partial charge in [-0.1, -0.05) is 51.2 Å². The summed E-state index contributed by atoms with van der Waals surface area (Å²) in [7, 11) is 0. The van der Waals surface area contributed by atoms with Gasteiger partial charge in [0.15, 0.2) is 0 Å². The molecular weight excluding hydrogens is 334 g/mol. The van der Waals surface area contributed by atoms with Gasteiger partial charge < -0.3 is 4.74 Å². The zero-order valence-corrected chi connectivity index (χ0v) is 15.9. The Labute approximate surface area is 151 Å². The van der Waals surface area contributed by atoms with Crippen LogP contribution < -0.4 is 10.3 Å². The third-order valence-corrected chi connectivity index (χ3v) is 4.88. The molecule has 0 unspecified atom stereocenters. The van der Waals surface area contributed by atoms with E-state index in [1.54, 1.807) is 0 Å². The van der Waals surface area contributed by atoms with E-state index in [0.29, 0.717) is 10.7 Å². The highest BCUT2D eigenvalue weighted by molar-refractivity contribution is 7.16. The average molecular weight is 357 g/mol. The molecule has 0 saturated carbocycles. The Balaban J connectivity index is 1.75. The second-order valence-corrected chi connectivity index (χ2v) is 8.13. The Hall–Kier alpha value is -2.21. The van der Waals surface area contributed by atoms with Gasteiger partial charge in [-0.15, -0.1) is 0 Å². The molecule has 3 rings (SSSR count). The van der Waals surface area contributed by atoms with Crippen LogP contribution in [0.2, 0.25) is 0 Å². The van der Waals surface area contributed by atoms with Gasteiger partial charge in [0.1, 0.15) is 17.4 Å². The number of hydrogen-bond donors (Lipinski definition) is 0. The first-order chi connectivity index (χ1) is 11.9. The fraction of sp³-hybridized carbons (Fsp3) is 0.421. The van der Waals surface area contributed by atoms with Crippen molar-refractivity contribution in [3.63, 3.8) is 0 Å². The zero-order chi connectivity index (χ0) is 18.0. The third-order valence-electron chi connectivity index (χ3n) is 3.91. The SMILES string of the molecule is CCCc1nn2c(=O)cc(COc3ccc(C(C)(C)C)cc3)nc2s1. The Morgan fingerprint density at radius 2 is 1.92 bits per heavy atom. The molecule has 6 heteroatoms. The van der Waals surface area contributed by atoms with Gasteiger partial charge in [-0.25, -0.2) is 4.98 Å². The number of aryl methyl sites for hydroxylation is 1. The summed E-state index contributed by atoms with van der Waals surface area (Å²) < 4.78 is 7.16. The van der Waals surface area contributed by atoms with E-state index in [9.17, 15) is 4.79 Å². The maximum absolute atomic E-state index is 12.2. The Morgan fingerprint density at radius 3 is 2.56 bits per heavy atom. The van der Waals surface area contributed by atoms with Crippen molar-refractivity contribution in [2.24, 2.45) is 0 Å². The van der Waals surface area contributed by atoms with E-state index in [1.165, 1.54) is 27.5 Å². The molecule has 0 saturated heterocycles. The minimum absolute atomic E-state index is 0.113. The summed E-state index contributed by atoms with van der Waals surface area (Å²) in [5, 5.41) is 5.25. The van der Waals surface area contributed by atoms with E-state index in [4.69, 9.17) is 4.74 Å². The van der Waals surface area contributed by atoms with Crippen molar-refractivity contribution >= 4 is 16.3 Å². The van der Waals surface area contributed by atoms with Gasteiger partial charge in [-0.2, -0.15) is 9.61 Å². The molecule has 0 amide bonds. The lowest BCUT2D eigenvalue weighted by Gasteiger charge is -2.19. The third kappa shape index (κ3) is 4.07. The largest absolute Gasteiger partial charge is 0.487 e. The van der Waals surface area contributed by atoms with Crippen molar-refractivity contribution in [2.45, 2.75) is 52.6 Å². The number of fused-ring (bicyclic) bond motifs is 1. The predicted molar refractivity (Wildman–Crippen MR) is 101 cm³/mol. The van der Waals surface area contributed by atoms with E-state index in [-0.39, 0.29) is 17.6 Å². The summed E-state index contributed by atoms with van der Waals surface area (Å²) in [6, 6.07) is 9.55. The first-order valence-electron chi connectivity index (χ1n) is 8.49. The van der Waals surface area contributed by atoms with Crippen LogP contribution in [0.5, 0.6) is 5.75 Å². The highest BCUT2D eigenvalue weighted by Crippen LogP contribution is 2.24. The Bertz CT molecular complexity index is 920. The smallest absolute Gasteiger partial charge is 0.275 e. The van der Waals surface area contributed by atoms with Crippen molar-refractivity contribution < 1.29 is 4.74 Å². The van der Waals surface area contributed by atoms with Crippen LogP contribution in [0, 0.1) is 0 Å². The first kappa shape index (κ1) is 17.6. The molecule has 0 spiro atoms. The van der Waals surface area contributed by atoms with Gasteiger partial charge >= 0.3 is 0 Å². The topological polar surface area (TPSA) is 56.5 Å². The van der Waals surface area contributed by atoms with Gasteiger partial charge in [0.25, 0.3) is 5.56 Å². The molecule has 132 valence electrons. The fourth-order valence-electron chi connectivity index (χ4n) is 2.49. The number of aromatic nitrogens is 3. The maximum Gasteiger partial charge on any atom is 0.275 e. The second-order valence-electron chi connectivity index (χ2n) is 7.09. The van der Waals surface area contributed by atoms with Crippen LogP contribution in [0.25, 0.3) is 4.96 Å². The molecule has 25 heavy (non-hydrogen) atoms. The van der Waals surface area contributed by atoms with Crippen LogP contribution in [0.3, 0.4) is 0 Å². The number of hydrogen-bond acceptors (Lipinski definition) is 5. The van der Waals surface area contributed by atoms with Crippen molar-refractivity contribution in [1.82, 2.24) is 14.6 Å². The molecule has 0 bridgehead atoms. The maximum atomic E-state index is 12.2. The molecule has 1 aromatic carbocycles. The first-order valence-corrected chi connectivity index (χ1v) is 9.30. The Morgan fingerprint density at radius 1 is 1.20 bits per heavy atom. The van der Waals surface area contributed by atoms with E-state index in [0.717, 1.165) is 23.6 Å². The molecule has 2 heterocycles. The molecular formula is C19H23N3O2S. The van der Waals surface area contributed by atoms with Gasteiger partial charge in [0.2, 0.25) is 4.96 Å². The monoisotopic (exact) mass is 357 g/mol. The summed E-state index contributed by atoms with van der Waals surface area (Å²) in [4.78, 5) is 17.3. The predicted octanol–water partition coefficient (Wildman–Crippen LogP) is 3.98. The quantitative estimate of drug-likeness (QED) is 0.693. The van der Waals surface area contributed by atoms with Crippen LogP contribution in [0.4, 0.5) is 0 Å². The van der Waals surface area contributed by atoms with E-state index in [2.05, 4.69) is 49.9 Å². The molecule has 0 atom stereocenters.